The first-order valence-electron chi connectivity index (χ1n) is 8.65. The van der Waals surface area contributed by atoms with Gasteiger partial charge in [0.25, 0.3) is 5.91 Å². The first kappa shape index (κ1) is 15.9. The standard InChI is InChI=1S/C19H21N3O3/c1-12-15(11-20-13(2)21-12)19(23)22-8-4-6-16(22)14-5-3-7-17-18(14)25-10-9-24-17/h3,5,7,11,16H,4,6,8-10H2,1-2H3. The number of hydrogen-bond donors (Lipinski definition) is 0. The van der Waals surface area contributed by atoms with Crippen LogP contribution in [0.1, 0.15) is 46.3 Å². The summed E-state index contributed by atoms with van der Waals surface area (Å²) in [4.78, 5) is 23.5. The zero-order valence-corrected chi connectivity index (χ0v) is 14.5. The number of aryl methyl sites for hydroxylation is 2. The number of carbonyl (C=O) groups excluding carboxylic acids is 1. The van der Waals surface area contributed by atoms with Gasteiger partial charge in [-0.3, -0.25) is 4.79 Å². The Morgan fingerprint density at radius 1 is 1.24 bits per heavy atom. The van der Waals surface area contributed by atoms with E-state index in [1.807, 2.05) is 36.9 Å². The second-order valence-corrected chi connectivity index (χ2v) is 6.44. The molecule has 2 aliphatic heterocycles. The van der Waals surface area contributed by atoms with Gasteiger partial charge in [-0.25, -0.2) is 9.97 Å². The van der Waals surface area contributed by atoms with E-state index in [1.54, 1.807) is 6.20 Å². The van der Waals surface area contributed by atoms with E-state index in [0.717, 1.165) is 42.1 Å². The van der Waals surface area contributed by atoms with Crippen molar-refractivity contribution >= 4 is 5.91 Å². The van der Waals surface area contributed by atoms with Crippen LogP contribution in [-0.4, -0.2) is 40.5 Å². The van der Waals surface area contributed by atoms with Gasteiger partial charge in [-0.15, -0.1) is 0 Å². The number of nitrogens with zero attached hydrogens (tertiary/aromatic N) is 3. The summed E-state index contributed by atoms with van der Waals surface area (Å²) in [5, 5.41) is 0. The fourth-order valence-electron chi connectivity index (χ4n) is 3.64. The van der Waals surface area contributed by atoms with E-state index in [4.69, 9.17) is 9.47 Å². The van der Waals surface area contributed by atoms with Crippen molar-refractivity contribution in [2.45, 2.75) is 32.7 Å². The molecule has 0 N–H and O–H groups in total. The first-order valence-corrected chi connectivity index (χ1v) is 8.65. The van der Waals surface area contributed by atoms with Crippen LogP contribution in [0.2, 0.25) is 0 Å². The van der Waals surface area contributed by atoms with Crippen LogP contribution in [0.4, 0.5) is 0 Å². The second kappa shape index (κ2) is 6.35. The third kappa shape index (κ3) is 2.81. The lowest BCUT2D eigenvalue weighted by atomic mass is 10.0. The van der Waals surface area contributed by atoms with E-state index in [2.05, 4.69) is 9.97 Å². The van der Waals surface area contributed by atoms with Crippen molar-refractivity contribution in [3.8, 4) is 11.5 Å². The van der Waals surface area contributed by atoms with E-state index in [-0.39, 0.29) is 11.9 Å². The first-order chi connectivity index (χ1) is 12.1. The summed E-state index contributed by atoms with van der Waals surface area (Å²) in [6.07, 6.45) is 3.51. The van der Waals surface area contributed by atoms with Crippen molar-refractivity contribution in [1.82, 2.24) is 14.9 Å². The molecule has 0 radical (unpaired) electrons. The van der Waals surface area contributed by atoms with Gasteiger partial charge in [0.15, 0.2) is 11.5 Å². The minimum absolute atomic E-state index is 0.00940. The highest BCUT2D eigenvalue weighted by Gasteiger charge is 2.34. The number of aromatic nitrogens is 2. The smallest absolute Gasteiger partial charge is 0.257 e. The zero-order valence-electron chi connectivity index (χ0n) is 14.5. The number of likely N-dealkylation sites (tertiary alicyclic amines) is 1. The molecule has 3 heterocycles. The molecule has 0 saturated carbocycles. The highest BCUT2D eigenvalue weighted by molar-refractivity contribution is 5.95. The zero-order chi connectivity index (χ0) is 17.4. The van der Waals surface area contributed by atoms with Gasteiger partial charge in [-0.1, -0.05) is 12.1 Å². The number of ether oxygens (including phenoxy) is 2. The molecule has 6 heteroatoms. The Morgan fingerprint density at radius 2 is 2.08 bits per heavy atom. The molecule has 130 valence electrons. The lowest BCUT2D eigenvalue weighted by Gasteiger charge is -2.29. The van der Waals surface area contributed by atoms with Gasteiger partial charge >= 0.3 is 0 Å². The molecule has 1 saturated heterocycles. The molecule has 1 unspecified atom stereocenters. The van der Waals surface area contributed by atoms with E-state index in [9.17, 15) is 4.79 Å². The average Bonchev–Trinajstić information content (AvgIpc) is 3.10. The molecule has 1 amide bonds. The van der Waals surface area contributed by atoms with Gasteiger partial charge < -0.3 is 14.4 Å². The molecule has 4 rings (SSSR count). The van der Waals surface area contributed by atoms with Crippen LogP contribution in [0.15, 0.2) is 24.4 Å². The topological polar surface area (TPSA) is 64.6 Å². The average molecular weight is 339 g/mol. The highest BCUT2D eigenvalue weighted by Crippen LogP contribution is 2.43. The van der Waals surface area contributed by atoms with E-state index < -0.39 is 0 Å². The molecule has 0 spiro atoms. The number of para-hydroxylation sites is 1. The Bertz CT molecular complexity index is 822. The summed E-state index contributed by atoms with van der Waals surface area (Å²) in [6.45, 7) is 5.50. The number of amides is 1. The predicted octanol–water partition coefficient (Wildman–Crippen LogP) is 2.84. The Balaban J connectivity index is 1.68. The Kier molecular flexibility index (Phi) is 4.03. The molecule has 2 aliphatic rings. The van der Waals surface area contributed by atoms with Crippen molar-refractivity contribution in [3.05, 3.63) is 47.0 Å². The van der Waals surface area contributed by atoms with Crippen LogP contribution >= 0.6 is 0 Å². The molecule has 1 fully saturated rings. The molecule has 0 aliphatic carbocycles. The molecule has 6 nitrogen and oxygen atoms in total. The van der Waals surface area contributed by atoms with Crippen LogP contribution < -0.4 is 9.47 Å². The summed E-state index contributed by atoms with van der Waals surface area (Å²) in [5.41, 5.74) is 2.31. The lowest BCUT2D eigenvalue weighted by Crippen LogP contribution is -2.32. The monoisotopic (exact) mass is 339 g/mol. The molecular formula is C19H21N3O3. The van der Waals surface area contributed by atoms with Gasteiger partial charge in [0.05, 0.1) is 17.3 Å². The van der Waals surface area contributed by atoms with Gasteiger partial charge in [0, 0.05) is 18.3 Å². The minimum atomic E-state index is -0.0191. The molecule has 1 aromatic heterocycles. The quantitative estimate of drug-likeness (QED) is 0.842. The van der Waals surface area contributed by atoms with Crippen molar-refractivity contribution in [2.24, 2.45) is 0 Å². The third-order valence-corrected chi connectivity index (χ3v) is 4.80. The Hall–Kier alpha value is -2.63. The van der Waals surface area contributed by atoms with Crippen LogP contribution in [0.3, 0.4) is 0 Å². The maximum Gasteiger partial charge on any atom is 0.257 e. The molecular weight excluding hydrogens is 318 g/mol. The number of benzene rings is 1. The maximum atomic E-state index is 13.1. The maximum absolute atomic E-state index is 13.1. The molecule has 25 heavy (non-hydrogen) atoms. The predicted molar refractivity (Wildman–Crippen MR) is 91.9 cm³/mol. The van der Waals surface area contributed by atoms with Crippen molar-refractivity contribution in [1.29, 1.82) is 0 Å². The molecule has 0 bridgehead atoms. The largest absolute Gasteiger partial charge is 0.486 e. The van der Waals surface area contributed by atoms with Crippen molar-refractivity contribution < 1.29 is 14.3 Å². The number of hydrogen-bond acceptors (Lipinski definition) is 5. The fourth-order valence-corrected chi connectivity index (χ4v) is 3.64. The number of carbonyl (C=O) groups is 1. The second-order valence-electron chi connectivity index (χ2n) is 6.44. The molecule has 1 atom stereocenters. The lowest BCUT2D eigenvalue weighted by molar-refractivity contribution is 0.0729. The fraction of sp³-hybridized carbons (Fsp3) is 0.421. The molecule has 2 aromatic rings. The van der Waals surface area contributed by atoms with Gasteiger partial charge in [0.2, 0.25) is 0 Å². The summed E-state index contributed by atoms with van der Waals surface area (Å²) in [6, 6.07) is 5.90. The van der Waals surface area contributed by atoms with Crippen molar-refractivity contribution in [2.75, 3.05) is 19.8 Å². The SMILES string of the molecule is Cc1ncc(C(=O)N2CCCC2c2cccc3c2OCCO3)c(C)n1. The normalized spacial score (nSPS) is 19.1. The minimum Gasteiger partial charge on any atom is -0.486 e. The third-order valence-electron chi connectivity index (χ3n) is 4.80. The van der Waals surface area contributed by atoms with E-state index >= 15 is 0 Å². The number of fused-ring (bicyclic) bond motifs is 1. The Morgan fingerprint density at radius 3 is 2.92 bits per heavy atom. The van der Waals surface area contributed by atoms with Gasteiger partial charge in [-0.05, 0) is 32.8 Å². The van der Waals surface area contributed by atoms with Crippen molar-refractivity contribution in [3.63, 3.8) is 0 Å². The Labute approximate surface area is 146 Å². The van der Waals surface area contributed by atoms with Gasteiger partial charge in [0.1, 0.15) is 19.0 Å². The summed E-state index contributed by atoms with van der Waals surface area (Å²) < 4.78 is 11.5. The summed E-state index contributed by atoms with van der Waals surface area (Å²) in [5.74, 6) is 2.19. The summed E-state index contributed by atoms with van der Waals surface area (Å²) in [7, 11) is 0. The van der Waals surface area contributed by atoms with Crippen LogP contribution in [0.25, 0.3) is 0 Å². The van der Waals surface area contributed by atoms with E-state index in [1.165, 1.54) is 0 Å². The van der Waals surface area contributed by atoms with Gasteiger partial charge in [-0.2, -0.15) is 0 Å². The van der Waals surface area contributed by atoms with Crippen LogP contribution in [0, 0.1) is 13.8 Å². The number of rotatable bonds is 2. The summed E-state index contributed by atoms with van der Waals surface area (Å²) >= 11 is 0. The van der Waals surface area contributed by atoms with Crippen LogP contribution in [-0.2, 0) is 0 Å². The highest BCUT2D eigenvalue weighted by atomic mass is 16.6. The molecule has 1 aromatic carbocycles. The van der Waals surface area contributed by atoms with E-state index in [0.29, 0.717) is 24.6 Å². The van der Waals surface area contributed by atoms with Crippen LogP contribution in [0.5, 0.6) is 11.5 Å².